The molecule has 1 rings (SSSR count). The topological polar surface area (TPSA) is 78.4 Å². The fourth-order valence-electron chi connectivity index (χ4n) is 1.68. The molecule has 0 aliphatic carbocycles. The number of hydrogen-bond donors (Lipinski definition) is 3. The van der Waals surface area contributed by atoms with Crippen LogP contribution in [0.15, 0.2) is 18.2 Å². The molecule has 0 saturated heterocycles. The Morgan fingerprint density at radius 2 is 1.84 bits per heavy atom. The van der Waals surface area contributed by atoms with E-state index < -0.39 is 18.0 Å². The molecule has 0 bridgehead atoms. The first-order valence-electron chi connectivity index (χ1n) is 6.19. The molecule has 0 aromatic heterocycles. The van der Waals surface area contributed by atoms with Gasteiger partial charge in [0.1, 0.15) is 6.04 Å². The van der Waals surface area contributed by atoms with Crippen molar-refractivity contribution in [3.8, 4) is 0 Å². The lowest BCUT2D eigenvalue weighted by molar-refractivity contribution is -0.140. The molecule has 1 aromatic rings. The van der Waals surface area contributed by atoms with Crippen molar-refractivity contribution < 1.29 is 14.7 Å². The standard InChI is InChI=1S/C14H20N2O3/c1-8(2)12(13(17)18)16-14(19)15-11-7-9(3)5-6-10(11)4/h5-8,12H,1-4H3,(H,17,18)(H2,15,16,19)/t12-/m0/s1. The molecule has 0 radical (unpaired) electrons. The number of carboxylic acid groups (broad SMARTS) is 1. The molecular weight excluding hydrogens is 244 g/mol. The third-order valence-electron chi connectivity index (χ3n) is 2.86. The SMILES string of the molecule is Cc1ccc(C)c(NC(=O)N[C@H](C(=O)O)C(C)C)c1. The number of hydrogen-bond acceptors (Lipinski definition) is 2. The minimum absolute atomic E-state index is 0.179. The third kappa shape index (κ3) is 4.28. The fourth-order valence-corrected chi connectivity index (χ4v) is 1.68. The predicted molar refractivity (Wildman–Crippen MR) is 74.3 cm³/mol. The van der Waals surface area contributed by atoms with Gasteiger partial charge in [0.15, 0.2) is 0 Å². The summed E-state index contributed by atoms with van der Waals surface area (Å²) < 4.78 is 0. The van der Waals surface area contributed by atoms with E-state index >= 15 is 0 Å². The Morgan fingerprint density at radius 1 is 1.21 bits per heavy atom. The van der Waals surface area contributed by atoms with Crippen molar-refractivity contribution in [1.82, 2.24) is 5.32 Å². The monoisotopic (exact) mass is 264 g/mol. The van der Waals surface area contributed by atoms with E-state index in [-0.39, 0.29) is 5.92 Å². The van der Waals surface area contributed by atoms with Crippen molar-refractivity contribution in [1.29, 1.82) is 0 Å². The van der Waals surface area contributed by atoms with Gasteiger partial charge in [-0.3, -0.25) is 0 Å². The summed E-state index contributed by atoms with van der Waals surface area (Å²) in [5, 5.41) is 14.2. The molecule has 19 heavy (non-hydrogen) atoms. The Labute approximate surface area is 113 Å². The lowest BCUT2D eigenvalue weighted by Gasteiger charge is -2.18. The Hall–Kier alpha value is -2.04. The maximum Gasteiger partial charge on any atom is 0.326 e. The second-order valence-corrected chi connectivity index (χ2v) is 4.98. The van der Waals surface area contributed by atoms with Crippen LogP contribution in [0.3, 0.4) is 0 Å². The minimum atomic E-state index is -1.04. The Bertz CT molecular complexity index is 484. The van der Waals surface area contributed by atoms with E-state index in [0.29, 0.717) is 5.69 Å². The van der Waals surface area contributed by atoms with Crippen LogP contribution in [0.2, 0.25) is 0 Å². The van der Waals surface area contributed by atoms with Crippen LogP contribution < -0.4 is 10.6 Å². The van der Waals surface area contributed by atoms with E-state index in [1.165, 1.54) is 0 Å². The van der Waals surface area contributed by atoms with Gasteiger partial charge in [-0.05, 0) is 37.0 Å². The number of carbonyl (C=O) groups is 2. The van der Waals surface area contributed by atoms with Gasteiger partial charge in [0, 0.05) is 5.69 Å². The van der Waals surface area contributed by atoms with Crippen molar-refractivity contribution in [2.24, 2.45) is 5.92 Å². The summed E-state index contributed by atoms with van der Waals surface area (Å²) in [5.74, 6) is -1.21. The van der Waals surface area contributed by atoms with Gasteiger partial charge >= 0.3 is 12.0 Å². The molecule has 1 aromatic carbocycles. The van der Waals surface area contributed by atoms with Crippen LogP contribution in [0, 0.1) is 19.8 Å². The highest BCUT2D eigenvalue weighted by molar-refractivity contribution is 5.93. The van der Waals surface area contributed by atoms with Crippen molar-refractivity contribution in [2.75, 3.05) is 5.32 Å². The Morgan fingerprint density at radius 3 is 2.37 bits per heavy atom. The molecule has 1 atom stereocenters. The van der Waals surface area contributed by atoms with E-state index in [1.807, 2.05) is 32.0 Å². The predicted octanol–water partition coefficient (Wildman–Crippen LogP) is 2.53. The van der Waals surface area contributed by atoms with Crippen LogP contribution in [0.25, 0.3) is 0 Å². The first kappa shape index (κ1) is 15.0. The van der Waals surface area contributed by atoms with E-state index in [1.54, 1.807) is 13.8 Å². The number of carbonyl (C=O) groups excluding carboxylic acids is 1. The average molecular weight is 264 g/mol. The summed E-state index contributed by atoms with van der Waals surface area (Å²) in [6, 6.07) is 4.30. The fraction of sp³-hybridized carbons (Fsp3) is 0.429. The van der Waals surface area contributed by atoms with Gasteiger partial charge in [-0.25, -0.2) is 9.59 Å². The molecule has 3 N–H and O–H groups in total. The molecule has 0 aliphatic rings. The molecule has 5 nitrogen and oxygen atoms in total. The summed E-state index contributed by atoms with van der Waals surface area (Å²) in [6.07, 6.45) is 0. The highest BCUT2D eigenvalue weighted by Crippen LogP contribution is 2.16. The van der Waals surface area contributed by atoms with Gasteiger partial charge in [-0.1, -0.05) is 26.0 Å². The molecule has 0 saturated carbocycles. The van der Waals surface area contributed by atoms with Gasteiger partial charge in [0.05, 0.1) is 0 Å². The first-order chi connectivity index (χ1) is 8.81. The molecule has 0 aliphatic heterocycles. The molecule has 2 amide bonds. The van der Waals surface area contributed by atoms with Gasteiger partial charge in [0.25, 0.3) is 0 Å². The maximum atomic E-state index is 11.8. The van der Waals surface area contributed by atoms with Crippen molar-refractivity contribution in [3.63, 3.8) is 0 Å². The first-order valence-corrected chi connectivity index (χ1v) is 6.19. The number of carboxylic acids is 1. The lowest BCUT2D eigenvalue weighted by atomic mass is 10.1. The zero-order valence-electron chi connectivity index (χ0n) is 11.7. The summed E-state index contributed by atoms with van der Waals surface area (Å²) in [7, 11) is 0. The quantitative estimate of drug-likeness (QED) is 0.782. The van der Waals surface area contributed by atoms with Gasteiger partial charge in [-0.15, -0.1) is 0 Å². The van der Waals surface area contributed by atoms with E-state index in [0.717, 1.165) is 11.1 Å². The molecule has 0 unspecified atom stereocenters. The minimum Gasteiger partial charge on any atom is -0.480 e. The molecule has 0 spiro atoms. The summed E-state index contributed by atoms with van der Waals surface area (Å²) in [4.78, 5) is 22.8. The zero-order chi connectivity index (χ0) is 14.6. The Kier molecular flexibility index (Phi) is 4.92. The van der Waals surface area contributed by atoms with Crippen LogP contribution in [-0.2, 0) is 4.79 Å². The van der Waals surface area contributed by atoms with Crippen molar-refractivity contribution >= 4 is 17.7 Å². The highest BCUT2D eigenvalue weighted by atomic mass is 16.4. The number of benzene rings is 1. The zero-order valence-corrected chi connectivity index (χ0v) is 11.7. The normalized spacial score (nSPS) is 12.1. The molecular formula is C14H20N2O3. The van der Waals surface area contributed by atoms with Crippen LogP contribution in [-0.4, -0.2) is 23.1 Å². The van der Waals surface area contributed by atoms with Gasteiger partial charge in [-0.2, -0.15) is 0 Å². The van der Waals surface area contributed by atoms with E-state index in [9.17, 15) is 9.59 Å². The molecule has 0 fully saturated rings. The number of urea groups is 1. The largest absolute Gasteiger partial charge is 0.480 e. The van der Waals surface area contributed by atoms with Gasteiger partial charge < -0.3 is 15.7 Å². The second-order valence-electron chi connectivity index (χ2n) is 4.98. The summed E-state index contributed by atoms with van der Waals surface area (Å²) in [5.41, 5.74) is 2.64. The number of aliphatic carboxylic acids is 1. The smallest absolute Gasteiger partial charge is 0.326 e. The number of nitrogens with one attached hydrogen (secondary N) is 2. The van der Waals surface area contributed by atoms with E-state index in [2.05, 4.69) is 10.6 Å². The van der Waals surface area contributed by atoms with Crippen LogP contribution >= 0.6 is 0 Å². The maximum absolute atomic E-state index is 11.8. The van der Waals surface area contributed by atoms with Crippen molar-refractivity contribution in [2.45, 2.75) is 33.7 Å². The molecule has 0 heterocycles. The number of aryl methyl sites for hydroxylation is 2. The highest BCUT2D eigenvalue weighted by Gasteiger charge is 2.23. The third-order valence-corrected chi connectivity index (χ3v) is 2.86. The number of rotatable bonds is 4. The van der Waals surface area contributed by atoms with E-state index in [4.69, 9.17) is 5.11 Å². The average Bonchev–Trinajstić information content (AvgIpc) is 2.30. The molecule has 5 heteroatoms. The Balaban J connectivity index is 2.74. The van der Waals surface area contributed by atoms with Crippen molar-refractivity contribution in [3.05, 3.63) is 29.3 Å². The number of amides is 2. The molecule has 104 valence electrons. The summed E-state index contributed by atoms with van der Waals surface area (Å²) in [6.45, 7) is 7.30. The van der Waals surface area contributed by atoms with Crippen LogP contribution in [0.5, 0.6) is 0 Å². The second kappa shape index (κ2) is 6.22. The van der Waals surface area contributed by atoms with Crippen LogP contribution in [0.4, 0.5) is 10.5 Å². The number of anilines is 1. The van der Waals surface area contributed by atoms with Gasteiger partial charge in [0.2, 0.25) is 0 Å². The lowest BCUT2D eigenvalue weighted by Crippen LogP contribution is -2.46. The summed E-state index contributed by atoms with van der Waals surface area (Å²) >= 11 is 0. The van der Waals surface area contributed by atoms with Crippen LogP contribution in [0.1, 0.15) is 25.0 Å².